The summed E-state index contributed by atoms with van der Waals surface area (Å²) in [5, 5.41) is 0. The molecule has 0 aliphatic rings. The normalized spacial score (nSPS) is 12.0. The molecule has 0 fully saturated rings. The van der Waals surface area contributed by atoms with Crippen LogP contribution in [0.25, 0.3) is 22.1 Å². The number of aromatic nitrogens is 2. The molecule has 3 rings (SSSR count). The van der Waals surface area contributed by atoms with Crippen LogP contribution in [-0.4, -0.2) is 23.5 Å². The average molecular weight is 358 g/mol. The van der Waals surface area contributed by atoms with Crippen LogP contribution in [-0.2, 0) is 16.7 Å². The van der Waals surface area contributed by atoms with Gasteiger partial charge in [0, 0.05) is 12.1 Å². The van der Waals surface area contributed by atoms with Gasteiger partial charge in [0.25, 0.3) is 0 Å². The van der Waals surface area contributed by atoms with Crippen molar-refractivity contribution in [3.63, 3.8) is 0 Å². The molecular formula is C15H13F3N2O3S. The Morgan fingerprint density at radius 3 is 1.71 bits per heavy atom. The zero-order valence-electron chi connectivity index (χ0n) is 12.5. The van der Waals surface area contributed by atoms with Crippen LogP contribution in [0.3, 0.4) is 0 Å². The van der Waals surface area contributed by atoms with E-state index in [4.69, 9.17) is 13.0 Å². The minimum atomic E-state index is -6.09. The van der Waals surface area contributed by atoms with Crippen LogP contribution in [0.1, 0.15) is 6.92 Å². The molecule has 0 N–H and O–H groups in total. The molecule has 0 unspecified atom stereocenters. The number of hydrogen-bond donors (Lipinski definition) is 0. The van der Waals surface area contributed by atoms with Crippen molar-refractivity contribution in [1.29, 1.82) is 0 Å². The first-order chi connectivity index (χ1) is 11.1. The number of nitrogens with zero attached hydrogens (tertiary/aromatic N) is 2. The summed E-state index contributed by atoms with van der Waals surface area (Å²) in [5.41, 5.74) is -1.13. The van der Waals surface area contributed by atoms with Crippen molar-refractivity contribution in [2.45, 2.75) is 19.0 Å². The van der Waals surface area contributed by atoms with Gasteiger partial charge >= 0.3 is 5.51 Å². The molecule has 0 atom stereocenters. The molecule has 0 radical (unpaired) electrons. The number of benzene rings is 2. The minimum Gasteiger partial charge on any atom is -0.741 e. The van der Waals surface area contributed by atoms with Crippen molar-refractivity contribution in [1.82, 2.24) is 4.98 Å². The summed E-state index contributed by atoms with van der Waals surface area (Å²) in [6, 6.07) is 16.6. The number of fused-ring (bicyclic) bond motifs is 2. The number of para-hydroxylation sites is 4. The smallest absolute Gasteiger partial charge is 0.485 e. The topological polar surface area (TPSA) is 74.0 Å². The van der Waals surface area contributed by atoms with Gasteiger partial charge in [-0.3, -0.25) is 0 Å². The van der Waals surface area contributed by atoms with Crippen LogP contribution in [0.5, 0.6) is 0 Å². The van der Waals surface area contributed by atoms with Gasteiger partial charge in [-0.25, -0.2) is 13.4 Å². The van der Waals surface area contributed by atoms with Crippen LogP contribution in [0.4, 0.5) is 13.2 Å². The highest BCUT2D eigenvalue weighted by Crippen LogP contribution is 2.20. The third-order valence-corrected chi connectivity index (χ3v) is 3.75. The summed E-state index contributed by atoms with van der Waals surface area (Å²) in [6.45, 7) is 3.13. The first-order valence-electron chi connectivity index (χ1n) is 6.84. The molecule has 1 heterocycles. The largest absolute Gasteiger partial charge is 0.741 e. The van der Waals surface area contributed by atoms with E-state index in [2.05, 4.69) is 52.9 Å². The monoisotopic (exact) mass is 358 g/mol. The molecule has 24 heavy (non-hydrogen) atoms. The van der Waals surface area contributed by atoms with Gasteiger partial charge in [-0.05, 0) is 19.1 Å². The van der Waals surface area contributed by atoms with Gasteiger partial charge in [0.2, 0.25) is 11.0 Å². The van der Waals surface area contributed by atoms with Crippen molar-refractivity contribution >= 4 is 32.2 Å². The van der Waals surface area contributed by atoms with Gasteiger partial charge in [0.05, 0.1) is 0 Å². The van der Waals surface area contributed by atoms with Crippen LogP contribution in [0, 0.1) is 0 Å². The highest BCUT2D eigenvalue weighted by molar-refractivity contribution is 7.86. The van der Waals surface area contributed by atoms with Crippen LogP contribution >= 0.6 is 0 Å². The lowest BCUT2D eigenvalue weighted by atomic mass is 10.2. The molecule has 0 aliphatic heterocycles. The Morgan fingerprint density at radius 2 is 1.38 bits per heavy atom. The molecule has 0 saturated carbocycles. The second-order valence-electron chi connectivity index (χ2n) is 4.73. The number of alkyl halides is 3. The maximum absolute atomic E-state index is 10.7. The highest BCUT2D eigenvalue weighted by Gasteiger charge is 2.36. The molecular weight excluding hydrogens is 345 g/mol. The molecule has 2 aromatic carbocycles. The molecule has 1 aromatic heterocycles. The van der Waals surface area contributed by atoms with E-state index in [0.29, 0.717) is 0 Å². The first-order valence-corrected chi connectivity index (χ1v) is 8.25. The summed E-state index contributed by atoms with van der Waals surface area (Å²) >= 11 is 0. The number of halogens is 3. The first kappa shape index (κ1) is 18.1. The summed E-state index contributed by atoms with van der Waals surface area (Å²) in [6.07, 6.45) is 0. The molecule has 128 valence electrons. The van der Waals surface area contributed by atoms with Crippen LogP contribution in [0.15, 0.2) is 48.5 Å². The Hall–Kier alpha value is -2.26. The van der Waals surface area contributed by atoms with E-state index in [-0.39, 0.29) is 0 Å². The maximum Gasteiger partial charge on any atom is 0.485 e. The lowest BCUT2D eigenvalue weighted by Gasteiger charge is -2.08. The van der Waals surface area contributed by atoms with E-state index < -0.39 is 15.6 Å². The Morgan fingerprint density at radius 1 is 1.00 bits per heavy atom. The summed E-state index contributed by atoms with van der Waals surface area (Å²) in [4.78, 5) is 4.67. The van der Waals surface area contributed by atoms with Gasteiger partial charge in [-0.15, -0.1) is 0 Å². The molecule has 0 amide bonds. The summed E-state index contributed by atoms with van der Waals surface area (Å²) < 4.78 is 61.2. The summed E-state index contributed by atoms with van der Waals surface area (Å²) in [7, 11) is -6.09. The second kappa shape index (κ2) is 6.70. The third kappa shape index (κ3) is 3.80. The predicted octanol–water partition coefficient (Wildman–Crippen LogP) is 2.75. The van der Waals surface area contributed by atoms with Gasteiger partial charge in [0.15, 0.2) is 10.1 Å². The molecule has 5 nitrogen and oxygen atoms in total. The van der Waals surface area contributed by atoms with Crippen molar-refractivity contribution in [2.24, 2.45) is 0 Å². The van der Waals surface area contributed by atoms with E-state index in [0.717, 1.165) is 17.6 Å². The van der Waals surface area contributed by atoms with Crippen molar-refractivity contribution in [3.05, 3.63) is 48.5 Å². The van der Waals surface area contributed by atoms with E-state index in [1.807, 2.05) is 12.1 Å². The Balaban J connectivity index is 0.000000224. The van der Waals surface area contributed by atoms with Gasteiger partial charge in [-0.1, -0.05) is 24.3 Å². The lowest BCUT2D eigenvalue weighted by molar-refractivity contribution is -0.641. The molecule has 0 aliphatic carbocycles. The highest BCUT2D eigenvalue weighted by atomic mass is 32.2. The number of aryl methyl sites for hydroxylation is 1. The zero-order chi connectivity index (χ0) is 18.0. The fraction of sp³-hybridized carbons (Fsp3) is 0.200. The average Bonchev–Trinajstić information content (AvgIpc) is 2.51. The Kier molecular flexibility index (Phi) is 5.05. The number of hydrogen-bond acceptors (Lipinski definition) is 4. The van der Waals surface area contributed by atoms with Crippen molar-refractivity contribution < 1.29 is 30.7 Å². The fourth-order valence-corrected chi connectivity index (χ4v) is 2.17. The van der Waals surface area contributed by atoms with E-state index in [1.54, 1.807) is 0 Å². The molecule has 0 spiro atoms. The molecule has 9 heteroatoms. The molecule has 0 bridgehead atoms. The van der Waals surface area contributed by atoms with E-state index >= 15 is 0 Å². The Bertz CT molecular complexity index is 919. The van der Waals surface area contributed by atoms with Crippen LogP contribution in [0.2, 0.25) is 0 Å². The van der Waals surface area contributed by atoms with Gasteiger partial charge < -0.3 is 4.55 Å². The molecule has 0 saturated heterocycles. The van der Waals surface area contributed by atoms with Crippen LogP contribution < -0.4 is 4.57 Å². The SMILES string of the molecule is CC[n+]1c2ccccc2nc2ccccc21.O=S(=O)([O-])C(F)(F)F. The fourth-order valence-electron chi connectivity index (χ4n) is 2.17. The van der Waals surface area contributed by atoms with Crippen molar-refractivity contribution in [2.75, 3.05) is 0 Å². The van der Waals surface area contributed by atoms with Gasteiger partial charge in [0.1, 0.15) is 17.6 Å². The predicted molar refractivity (Wildman–Crippen MR) is 80.9 cm³/mol. The quantitative estimate of drug-likeness (QED) is 0.290. The van der Waals surface area contributed by atoms with E-state index in [1.165, 1.54) is 11.0 Å². The second-order valence-corrected chi connectivity index (χ2v) is 6.10. The maximum atomic E-state index is 10.7. The Labute approximate surface area is 136 Å². The minimum absolute atomic E-state index is 0.962. The zero-order valence-corrected chi connectivity index (χ0v) is 13.3. The summed E-state index contributed by atoms with van der Waals surface area (Å²) in [5.74, 6) is 0. The molecule has 3 aromatic rings. The third-order valence-electron chi connectivity index (χ3n) is 3.19. The van der Waals surface area contributed by atoms with E-state index in [9.17, 15) is 13.2 Å². The lowest BCUT2D eigenvalue weighted by Crippen LogP contribution is -2.34. The van der Waals surface area contributed by atoms with Gasteiger partial charge in [-0.2, -0.15) is 17.7 Å². The number of rotatable bonds is 1. The van der Waals surface area contributed by atoms with Crippen molar-refractivity contribution in [3.8, 4) is 0 Å². The standard InChI is InChI=1S/C14H13N2.CHF3O3S/c1-2-16-13-9-5-3-7-11(13)15-12-8-4-6-10-14(12)16;2-1(3,4)8(5,6)7/h3-10H,2H2,1H3;(H,5,6,7)/q+1;/p-1.